The van der Waals surface area contributed by atoms with Crippen molar-refractivity contribution in [1.29, 1.82) is 5.26 Å². The Bertz CT molecular complexity index is 1010. The smallest absolute Gasteiger partial charge is 0.319 e. The molecule has 1 heterocycles. The lowest BCUT2D eigenvalue weighted by Gasteiger charge is -2.32. The van der Waals surface area contributed by atoms with Crippen molar-refractivity contribution in [2.75, 3.05) is 11.9 Å². The van der Waals surface area contributed by atoms with Gasteiger partial charge in [-0.1, -0.05) is 18.2 Å². The van der Waals surface area contributed by atoms with Gasteiger partial charge < -0.3 is 20.3 Å². The number of nitrogens with one attached hydrogen (secondary N) is 1. The highest BCUT2D eigenvalue weighted by molar-refractivity contribution is 6.15. The summed E-state index contributed by atoms with van der Waals surface area (Å²) in [4.78, 5) is 37.2. The summed E-state index contributed by atoms with van der Waals surface area (Å²) in [6.07, 6.45) is 0. The second-order valence-electron chi connectivity index (χ2n) is 6.17. The van der Waals surface area contributed by atoms with Crippen molar-refractivity contribution in [1.82, 2.24) is 0 Å². The lowest BCUT2D eigenvalue weighted by atomic mass is 9.65. The van der Waals surface area contributed by atoms with Gasteiger partial charge in [-0.2, -0.15) is 5.26 Å². The highest BCUT2D eigenvalue weighted by Gasteiger charge is 2.61. The molecule has 8 nitrogen and oxygen atoms in total. The van der Waals surface area contributed by atoms with Crippen LogP contribution in [0.2, 0.25) is 0 Å². The van der Waals surface area contributed by atoms with Crippen LogP contribution < -0.4 is 10.1 Å². The number of nitriles is 1. The molecule has 0 saturated heterocycles. The molecule has 1 unspecified atom stereocenters. The summed E-state index contributed by atoms with van der Waals surface area (Å²) in [7, 11) is 0. The maximum atomic E-state index is 13.2. The Morgan fingerprint density at radius 1 is 1.18 bits per heavy atom. The highest BCUT2D eigenvalue weighted by Crippen LogP contribution is 2.51. The Labute approximate surface area is 160 Å². The van der Waals surface area contributed by atoms with Gasteiger partial charge in [-0.3, -0.25) is 14.4 Å². The van der Waals surface area contributed by atoms with Gasteiger partial charge in [0.05, 0.1) is 18.2 Å². The summed E-state index contributed by atoms with van der Waals surface area (Å²) in [6, 6.07) is 12.4. The van der Waals surface area contributed by atoms with Gasteiger partial charge in [0, 0.05) is 11.3 Å². The van der Waals surface area contributed by atoms with Crippen molar-refractivity contribution in [2.24, 2.45) is 5.92 Å². The molecule has 1 amide bonds. The summed E-state index contributed by atoms with van der Waals surface area (Å²) in [5, 5.41) is 31.3. The van der Waals surface area contributed by atoms with E-state index in [2.05, 4.69) is 5.32 Å². The molecule has 1 atom stereocenters. The Balaban J connectivity index is 2.46. The minimum absolute atomic E-state index is 0.109. The molecule has 0 aliphatic carbocycles. The summed E-state index contributed by atoms with van der Waals surface area (Å²) < 4.78 is 5.57. The minimum Gasteiger partial charge on any atom is -0.494 e. The van der Waals surface area contributed by atoms with Gasteiger partial charge in [0.1, 0.15) is 11.2 Å². The number of carbonyl (C=O) groups excluding carboxylic acids is 1. The van der Waals surface area contributed by atoms with Crippen molar-refractivity contribution >= 4 is 23.5 Å². The number of hydrogen-bond donors (Lipinski definition) is 3. The molecule has 0 saturated carbocycles. The van der Waals surface area contributed by atoms with Crippen molar-refractivity contribution in [3.05, 3.63) is 59.2 Å². The number of nitrogens with zero attached hydrogens (tertiary/aromatic N) is 1. The maximum Gasteiger partial charge on any atom is 0.319 e. The monoisotopic (exact) mass is 380 g/mol. The van der Waals surface area contributed by atoms with E-state index in [1.165, 1.54) is 24.3 Å². The third-order valence-corrected chi connectivity index (χ3v) is 4.72. The van der Waals surface area contributed by atoms with Gasteiger partial charge in [0.15, 0.2) is 5.92 Å². The molecule has 3 rings (SSSR count). The number of carbonyl (C=O) groups is 3. The van der Waals surface area contributed by atoms with Crippen LogP contribution in [0, 0.1) is 17.2 Å². The molecule has 0 aromatic heterocycles. The molecule has 0 bridgehead atoms. The van der Waals surface area contributed by atoms with Gasteiger partial charge in [0.2, 0.25) is 5.91 Å². The van der Waals surface area contributed by atoms with Crippen LogP contribution in [0.15, 0.2) is 42.5 Å². The fraction of sp³-hybridized carbons (Fsp3) is 0.200. The van der Waals surface area contributed by atoms with Crippen LogP contribution in [-0.2, 0) is 19.8 Å². The number of ether oxygens (including phenoxy) is 1. The third kappa shape index (κ3) is 2.65. The van der Waals surface area contributed by atoms with Crippen molar-refractivity contribution < 1.29 is 29.3 Å². The largest absolute Gasteiger partial charge is 0.494 e. The second kappa shape index (κ2) is 7.04. The molecule has 8 heteroatoms. The Hall–Kier alpha value is -3.86. The third-order valence-electron chi connectivity index (χ3n) is 4.72. The molecule has 2 aromatic rings. The first kappa shape index (κ1) is 18.9. The second-order valence-corrected chi connectivity index (χ2v) is 6.17. The number of anilines is 1. The Kier molecular flexibility index (Phi) is 4.76. The zero-order valence-corrected chi connectivity index (χ0v) is 14.8. The van der Waals surface area contributed by atoms with E-state index in [1.807, 2.05) is 6.07 Å². The van der Waals surface area contributed by atoms with Gasteiger partial charge >= 0.3 is 11.9 Å². The highest BCUT2D eigenvalue weighted by atomic mass is 16.5. The Morgan fingerprint density at radius 2 is 1.86 bits per heavy atom. The molecule has 0 fully saturated rings. The van der Waals surface area contributed by atoms with E-state index in [4.69, 9.17) is 4.74 Å². The summed E-state index contributed by atoms with van der Waals surface area (Å²) in [6.45, 7) is 1.94. The van der Waals surface area contributed by atoms with Crippen LogP contribution in [0.1, 0.15) is 23.6 Å². The zero-order valence-electron chi connectivity index (χ0n) is 14.8. The van der Waals surface area contributed by atoms with Crippen molar-refractivity contribution in [2.45, 2.75) is 12.3 Å². The Morgan fingerprint density at radius 3 is 2.46 bits per heavy atom. The molecule has 28 heavy (non-hydrogen) atoms. The fourth-order valence-corrected chi connectivity index (χ4v) is 3.65. The molecule has 0 radical (unpaired) electrons. The van der Waals surface area contributed by atoms with E-state index in [0.717, 1.165) is 0 Å². The summed E-state index contributed by atoms with van der Waals surface area (Å²) in [5.41, 5.74) is -1.46. The van der Waals surface area contributed by atoms with Crippen molar-refractivity contribution in [3.63, 3.8) is 0 Å². The minimum atomic E-state index is -2.13. The van der Waals surface area contributed by atoms with Crippen LogP contribution in [-0.4, -0.2) is 34.7 Å². The van der Waals surface area contributed by atoms with E-state index in [-0.39, 0.29) is 34.7 Å². The molecule has 1 aliphatic rings. The number of fused-ring (bicyclic) bond motifs is 1. The molecular weight excluding hydrogens is 364 g/mol. The maximum absolute atomic E-state index is 13.2. The van der Waals surface area contributed by atoms with E-state index in [1.54, 1.807) is 25.1 Å². The molecule has 0 spiro atoms. The molecular formula is C20H16N2O6. The number of carboxylic acids is 2. The number of amides is 1. The molecule has 1 aliphatic heterocycles. The number of hydrogen-bond acceptors (Lipinski definition) is 5. The predicted octanol–water partition coefficient (Wildman–Crippen LogP) is 1.98. The SMILES string of the molecule is CCOc1ccccc1C1(C(C(=O)O)C(=O)O)C(=O)Nc2ccc(C#N)cc21. The number of carboxylic acid groups (broad SMARTS) is 2. The van der Waals surface area contributed by atoms with E-state index in [0.29, 0.717) is 0 Å². The standard InChI is InChI=1S/C20H16N2O6/c1-2-28-15-6-4-3-5-12(15)20(16(17(23)24)18(25)26)13-9-11(10-21)7-8-14(13)22-19(20)27/h3-9,16H,2H2,1H3,(H,22,27)(H,23,24)(H,25,26). The van der Waals surface area contributed by atoms with E-state index >= 15 is 0 Å². The first-order chi connectivity index (χ1) is 13.4. The topological polar surface area (TPSA) is 137 Å². The van der Waals surface area contributed by atoms with Gasteiger partial charge in [-0.25, -0.2) is 0 Å². The number of benzene rings is 2. The number of rotatable bonds is 6. The average Bonchev–Trinajstić information content (AvgIpc) is 2.94. The fourth-order valence-electron chi connectivity index (χ4n) is 3.65. The van der Waals surface area contributed by atoms with Gasteiger partial charge in [0.25, 0.3) is 0 Å². The van der Waals surface area contributed by atoms with E-state index in [9.17, 15) is 29.9 Å². The summed E-state index contributed by atoms with van der Waals surface area (Å²) in [5.74, 6) is -6.10. The predicted molar refractivity (Wildman–Crippen MR) is 96.9 cm³/mol. The van der Waals surface area contributed by atoms with Crippen LogP contribution in [0.4, 0.5) is 5.69 Å². The molecule has 3 N–H and O–H groups in total. The molecule has 142 valence electrons. The lowest BCUT2D eigenvalue weighted by molar-refractivity contribution is -0.159. The lowest BCUT2D eigenvalue weighted by Crippen LogP contribution is -2.50. The first-order valence-electron chi connectivity index (χ1n) is 8.41. The number of para-hydroxylation sites is 1. The van der Waals surface area contributed by atoms with Crippen LogP contribution in [0.5, 0.6) is 5.75 Å². The zero-order chi connectivity index (χ0) is 20.5. The summed E-state index contributed by atoms with van der Waals surface area (Å²) >= 11 is 0. The van der Waals surface area contributed by atoms with Crippen LogP contribution >= 0.6 is 0 Å². The normalized spacial score (nSPS) is 17.5. The number of aliphatic carboxylic acids is 2. The van der Waals surface area contributed by atoms with Gasteiger partial charge in [-0.05, 0) is 36.8 Å². The van der Waals surface area contributed by atoms with Crippen LogP contribution in [0.25, 0.3) is 0 Å². The quantitative estimate of drug-likeness (QED) is 0.652. The molecule has 2 aromatic carbocycles. The van der Waals surface area contributed by atoms with Crippen LogP contribution in [0.3, 0.4) is 0 Å². The first-order valence-corrected chi connectivity index (χ1v) is 8.41. The van der Waals surface area contributed by atoms with Gasteiger partial charge in [-0.15, -0.1) is 0 Å². The van der Waals surface area contributed by atoms with E-state index < -0.39 is 29.2 Å². The average molecular weight is 380 g/mol. The van der Waals surface area contributed by atoms with Crippen molar-refractivity contribution in [3.8, 4) is 11.8 Å².